The number of hydrogen-bond donors (Lipinski definition) is 0. The Bertz CT molecular complexity index is 1160. The summed E-state index contributed by atoms with van der Waals surface area (Å²) in [5, 5.41) is 0. The minimum atomic E-state index is -0.519. The number of aromatic nitrogens is 2. The van der Waals surface area contributed by atoms with Gasteiger partial charge in [-0.3, -0.25) is 19.6 Å². The van der Waals surface area contributed by atoms with Gasteiger partial charge in [-0.1, -0.05) is 72.8 Å². The number of carbonyl (C=O) groups excluding carboxylic acids is 2. The Morgan fingerprint density at radius 2 is 0.719 bits per heavy atom. The molecule has 0 amide bonds. The molecule has 0 bridgehead atoms. The summed E-state index contributed by atoms with van der Waals surface area (Å²) in [5.41, 5.74) is 4.70. The van der Waals surface area contributed by atoms with Gasteiger partial charge >= 0.3 is 0 Å². The van der Waals surface area contributed by atoms with Gasteiger partial charge in [0.15, 0.2) is 0 Å². The van der Waals surface area contributed by atoms with E-state index in [4.69, 9.17) is 0 Å². The van der Waals surface area contributed by atoms with Crippen molar-refractivity contribution in [2.45, 2.75) is 0 Å². The van der Waals surface area contributed by atoms with E-state index in [9.17, 15) is 9.59 Å². The highest BCUT2D eigenvalue weighted by Gasteiger charge is 2.17. The molecule has 0 atom stereocenters. The van der Waals surface area contributed by atoms with Gasteiger partial charge in [0.05, 0.1) is 0 Å². The zero-order valence-corrected chi connectivity index (χ0v) is 17.3. The highest BCUT2D eigenvalue weighted by atomic mass is 16.2. The number of Topliss-reactive ketones (excluding diaryl/α,β-unsaturated/α-hetero) is 2. The Hall–Kier alpha value is -4.44. The molecule has 4 rings (SSSR count). The van der Waals surface area contributed by atoms with E-state index in [2.05, 4.69) is 9.97 Å². The van der Waals surface area contributed by atoms with Gasteiger partial charge < -0.3 is 0 Å². The summed E-state index contributed by atoms with van der Waals surface area (Å²) in [6, 6.07) is 21.7. The topological polar surface area (TPSA) is 59.9 Å². The zero-order valence-electron chi connectivity index (χ0n) is 17.3. The molecule has 4 nitrogen and oxygen atoms in total. The fourth-order valence-electron chi connectivity index (χ4n) is 3.09. The Morgan fingerprint density at radius 1 is 0.438 bits per heavy atom. The molecule has 4 aromatic rings. The molecule has 0 fully saturated rings. The summed E-state index contributed by atoms with van der Waals surface area (Å²) in [5.74, 6) is -1.04. The molecule has 2 aromatic carbocycles. The molecule has 0 radical (unpaired) electrons. The van der Waals surface area contributed by atoms with Crippen molar-refractivity contribution in [3.05, 3.63) is 131 Å². The Balaban J connectivity index is 1.41. The van der Waals surface area contributed by atoms with Crippen LogP contribution in [0.2, 0.25) is 0 Å². The Kier molecular flexibility index (Phi) is 6.54. The normalized spacial score (nSPS) is 11.1. The number of nitrogens with zero attached hydrogens (tertiary/aromatic N) is 2. The van der Waals surface area contributed by atoms with Crippen LogP contribution in [-0.4, -0.2) is 21.5 Å². The van der Waals surface area contributed by atoms with Crippen LogP contribution in [0, 0.1) is 0 Å². The second kappa shape index (κ2) is 10.0. The molecule has 0 aliphatic heterocycles. The standard InChI is InChI=1S/C28H20N2O2/c31-27(25-9-5-21(6-10-25)1-3-23-13-17-29-18-14-23)28(32)26-11-7-22(8-12-26)2-4-24-15-19-30-20-16-24/h1-20H/b3-1+,4-2+. The van der Waals surface area contributed by atoms with Crippen molar-refractivity contribution in [3.63, 3.8) is 0 Å². The number of ketones is 2. The first-order valence-corrected chi connectivity index (χ1v) is 10.1. The molecule has 0 aliphatic carbocycles. The van der Waals surface area contributed by atoms with E-state index in [1.807, 2.05) is 72.8 Å². The van der Waals surface area contributed by atoms with E-state index in [1.165, 1.54) is 0 Å². The molecule has 0 aliphatic rings. The predicted octanol–water partition coefficient (Wildman–Crippen LogP) is 5.88. The van der Waals surface area contributed by atoms with Crippen LogP contribution in [0.4, 0.5) is 0 Å². The van der Waals surface area contributed by atoms with Crippen molar-refractivity contribution in [1.82, 2.24) is 9.97 Å². The SMILES string of the molecule is O=C(C(=O)c1ccc(/C=C/c2ccncc2)cc1)c1ccc(/C=C/c2ccncc2)cc1. The molecule has 0 saturated heterocycles. The number of benzene rings is 2. The third-order valence-electron chi connectivity index (χ3n) is 4.90. The maximum atomic E-state index is 12.6. The predicted molar refractivity (Wildman–Crippen MR) is 128 cm³/mol. The van der Waals surface area contributed by atoms with Gasteiger partial charge in [-0.15, -0.1) is 0 Å². The maximum absolute atomic E-state index is 12.6. The fourth-order valence-corrected chi connectivity index (χ4v) is 3.09. The van der Waals surface area contributed by atoms with Crippen molar-refractivity contribution in [2.24, 2.45) is 0 Å². The maximum Gasteiger partial charge on any atom is 0.233 e. The van der Waals surface area contributed by atoms with Crippen LogP contribution in [-0.2, 0) is 0 Å². The Morgan fingerprint density at radius 3 is 1.03 bits per heavy atom. The summed E-state index contributed by atoms with van der Waals surface area (Å²) in [6.07, 6.45) is 14.8. The minimum absolute atomic E-state index is 0.373. The molecule has 2 heterocycles. The fraction of sp³-hybridized carbons (Fsp3) is 0. The highest BCUT2D eigenvalue weighted by molar-refractivity contribution is 6.49. The van der Waals surface area contributed by atoms with Crippen molar-refractivity contribution in [2.75, 3.05) is 0 Å². The third-order valence-corrected chi connectivity index (χ3v) is 4.90. The van der Waals surface area contributed by atoms with E-state index in [0.717, 1.165) is 22.3 Å². The highest BCUT2D eigenvalue weighted by Crippen LogP contribution is 2.14. The molecule has 2 aromatic heterocycles. The summed E-state index contributed by atoms with van der Waals surface area (Å²) in [6.45, 7) is 0. The van der Waals surface area contributed by atoms with Crippen LogP contribution in [0.3, 0.4) is 0 Å². The lowest BCUT2D eigenvalue weighted by molar-refractivity contribution is 0.0817. The van der Waals surface area contributed by atoms with Crippen molar-refractivity contribution >= 4 is 35.9 Å². The molecule has 0 spiro atoms. The molecule has 0 unspecified atom stereocenters. The van der Waals surface area contributed by atoms with Crippen molar-refractivity contribution in [3.8, 4) is 0 Å². The first-order chi connectivity index (χ1) is 15.7. The van der Waals surface area contributed by atoms with Gasteiger partial charge in [0.2, 0.25) is 11.6 Å². The average Bonchev–Trinajstić information content (AvgIpc) is 2.87. The van der Waals surface area contributed by atoms with Gasteiger partial charge in [0.1, 0.15) is 0 Å². The molecule has 0 saturated carbocycles. The van der Waals surface area contributed by atoms with Gasteiger partial charge in [0.25, 0.3) is 0 Å². The molecular weight excluding hydrogens is 396 g/mol. The summed E-state index contributed by atoms with van der Waals surface area (Å²) < 4.78 is 0. The number of rotatable bonds is 7. The molecule has 154 valence electrons. The summed E-state index contributed by atoms with van der Waals surface area (Å²) in [4.78, 5) is 33.3. The zero-order chi connectivity index (χ0) is 22.2. The lowest BCUT2D eigenvalue weighted by Crippen LogP contribution is -2.14. The quantitative estimate of drug-likeness (QED) is 0.279. The van der Waals surface area contributed by atoms with Crippen LogP contribution in [0.1, 0.15) is 43.0 Å². The largest absolute Gasteiger partial charge is 0.285 e. The van der Waals surface area contributed by atoms with E-state index in [0.29, 0.717) is 11.1 Å². The van der Waals surface area contributed by atoms with Gasteiger partial charge in [-0.05, 0) is 46.5 Å². The average molecular weight is 416 g/mol. The molecule has 0 N–H and O–H groups in total. The second-order valence-electron chi connectivity index (χ2n) is 7.13. The smallest absolute Gasteiger partial charge is 0.233 e. The lowest BCUT2D eigenvalue weighted by Gasteiger charge is -2.03. The van der Waals surface area contributed by atoms with Crippen LogP contribution in [0.25, 0.3) is 24.3 Å². The van der Waals surface area contributed by atoms with Crippen molar-refractivity contribution in [1.29, 1.82) is 0 Å². The first kappa shape index (κ1) is 20.8. The van der Waals surface area contributed by atoms with Crippen LogP contribution in [0.15, 0.2) is 97.6 Å². The molecule has 4 heteroatoms. The second-order valence-corrected chi connectivity index (χ2v) is 7.13. The van der Waals surface area contributed by atoms with Gasteiger partial charge in [-0.2, -0.15) is 0 Å². The van der Waals surface area contributed by atoms with E-state index < -0.39 is 11.6 Å². The van der Waals surface area contributed by atoms with Gasteiger partial charge in [0, 0.05) is 35.9 Å². The third kappa shape index (κ3) is 5.37. The molecule has 32 heavy (non-hydrogen) atoms. The number of hydrogen-bond acceptors (Lipinski definition) is 4. The van der Waals surface area contributed by atoms with Crippen LogP contribution < -0.4 is 0 Å². The number of carbonyl (C=O) groups is 2. The number of pyridine rings is 2. The van der Waals surface area contributed by atoms with Crippen molar-refractivity contribution < 1.29 is 9.59 Å². The monoisotopic (exact) mass is 416 g/mol. The lowest BCUT2D eigenvalue weighted by atomic mass is 9.99. The summed E-state index contributed by atoms with van der Waals surface area (Å²) in [7, 11) is 0. The molecular formula is C28H20N2O2. The van der Waals surface area contributed by atoms with Crippen LogP contribution in [0.5, 0.6) is 0 Å². The first-order valence-electron chi connectivity index (χ1n) is 10.1. The Labute approximate surface area is 186 Å². The van der Waals surface area contributed by atoms with E-state index >= 15 is 0 Å². The van der Waals surface area contributed by atoms with E-state index in [-0.39, 0.29) is 0 Å². The van der Waals surface area contributed by atoms with Crippen LogP contribution >= 0.6 is 0 Å². The van der Waals surface area contributed by atoms with Gasteiger partial charge in [-0.25, -0.2) is 0 Å². The van der Waals surface area contributed by atoms with E-state index in [1.54, 1.807) is 49.1 Å². The summed E-state index contributed by atoms with van der Waals surface area (Å²) >= 11 is 0. The minimum Gasteiger partial charge on any atom is -0.285 e.